The van der Waals surface area contributed by atoms with E-state index in [9.17, 15) is 22.4 Å². The fraction of sp³-hybridized carbons (Fsp3) is 0.276. The van der Waals surface area contributed by atoms with Crippen LogP contribution in [0.5, 0.6) is 0 Å². The van der Waals surface area contributed by atoms with E-state index >= 15 is 0 Å². The Labute approximate surface area is 217 Å². The number of carbonyl (C=O) groups excluding carboxylic acids is 1. The normalized spacial score (nSPS) is 11.9. The van der Waals surface area contributed by atoms with Gasteiger partial charge >= 0.3 is 6.18 Å². The van der Waals surface area contributed by atoms with Gasteiger partial charge in [0.15, 0.2) is 0 Å². The van der Waals surface area contributed by atoms with Crippen molar-refractivity contribution in [1.29, 1.82) is 0 Å². The molecule has 0 spiro atoms. The van der Waals surface area contributed by atoms with Gasteiger partial charge in [-0.05, 0) is 73.7 Å². The summed E-state index contributed by atoms with van der Waals surface area (Å²) in [5.41, 5.74) is 2.83. The monoisotopic (exact) mass is 528 g/mol. The number of thioether (sulfide) groups is 1. The third-order valence-electron chi connectivity index (χ3n) is 6.14. The topological polar surface area (TPSA) is 34.0 Å². The molecule has 0 aliphatic heterocycles. The summed E-state index contributed by atoms with van der Waals surface area (Å²) in [5, 5.41) is 3.65. The van der Waals surface area contributed by atoms with Crippen LogP contribution in [0.25, 0.3) is 10.9 Å². The molecule has 4 aromatic rings. The molecule has 8 heteroatoms. The fourth-order valence-electron chi connectivity index (χ4n) is 4.41. The standard InChI is InChI=1S/C29H28F4N2OS/c1-4-37-25-11-7-21(26(30)16-25)17-34-28(36)20-8-12-27-22(14-20)15-24(35(27)18(2)3)13-19-5-9-23(10-6-19)29(31,32)33/h5-12,14-16,18H,4,13,17H2,1-3H3,(H,34,36). The molecule has 1 aromatic heterocycles. The minimum absolute atomic E-state index is 0.0753. The van der Waals surface area contributed by atoms with Crippen LogP contribution in [0, 0.1) is 5.82 Å². The predicted molar refractivity (Wildman–Crippen MR) is 141 cm³/mol. The van der Waals surface area contributed by atoms with Gasteiger partial charge in [0.2, 0.25) is 0 Å². The molecule has 4 rings (SSSR count). The zero-order chi connectivity index (χ0) is 26.7. The van der Waals surface area contributed by atoms with Crippen molar-refractivity contribution >= 4 is 28.6 Å². The van der Waals surface area contributed by atoms with Crippen molar-refractivity contribution in [1.82, 2.24) is 9.88 Å². The maximum atomic E-state index is 14.4. The minimum Gasteiger partial charge on any atom is -0.348 e. The van der Waals surface area contributed by atoms with Gasteiger partial charge in [0, 0.05) is 51.6 Å². The van der Waals surface area contributed by atoms with Crippen molar-refractivity contribution < 1.29 is 22.4 Å². The molecule has 1 N–H and O–H groups in total. The smallest absolute Gasteiger partial charge is 0.348 e. The maximum Gasteiger partial charge on any atom is 0.416 e. The summed E-state index contributed by atoms with van der Waals surface area (Å²) in [6.07, 6.45) is -3.91. The summed E-state index contributed by atoms with van der Waals surface area (Å²) in [6.45, 7) is 6.15. The Bertz CT molecular complexity index is 1410. The average molecular weight is 529 g/mol. The zero-order valence-corrected chi connectivity index (χ0v) is 21.6. The van der Waals surface area contributed by atoms with Crippen LogP contribution in [0.3, 0.4) is 0 Å². The molecule has 0 unspecified atom stereocenters. The highest BCUT2D eigenvalue weighted by Crippen LogP contribution is 2.31. The lowest BCUT2D eigenvalue weighted by atomic mass is 10.1. The summed E-state index contributed by atoms with van der Waals surface area (Å²) in [5.74, 6) is 0.189. The molecule has 37 heavy (non-hydrogen) atoms. The van der Waals surface area contributed by atoms with Crippen molar-refractivity contribution in [2.75, 3.05) is 5.75 Å². The van der Waals surface area contributed by atoms with Crippen molar-refractivity contribution in [2.45, 2.75) is 50.9 Å². The minimum atomic E-state index is -4.37. The second-order valence-corrected chi connectivity index (χ2v) is 10.5. The summed E-state index contributed by atoms with van der Waals surface area (Å²) in [7, 11) is 0. The average Bonchev–Trinajstić information content (AvgIpc) is 3.20. The second kappa shape index (κ2) is 11.0. The number of nitrogens with zero attached hydrogens (tertiary/aromatic N) is 1. The van der Waals surface area contributed by atoms with E-state index in [2.05, 4.69) is 9.88 Å². The first-order valence-electron chi connectivity index (χ1n) is 12.1. The fourth-order valence-corrected chi connectivity index (χ4v) is 5.09. The summed E-state index contributed by atoms with van der Waals surface area (Å²) in [4.78, 5) is 13.7. The first-order valence-corrected chi connectivity index (χ1v) is 13.0. The Kier molecular flexibility index (Phi) is 7.97. The highest BCUT2D eigenvalue weighted by atomic mass is 32.2. The Morgan fingerprint density at radius 1 is 1.00 bits per heavy atom. The first kappa shape index (κ1) is 26.8. The van der Waals surface area contributed by atoms with Crippen LogP contribution in [0.1, 0.15) is 59.6 Å². The van der Waals surface area contributed by atoms with E-state index in [1.807, 2.05) is 39.0 Å². The lowest BCUT2D eigenvalue weighted by Gasteiger charge is -2.15. The Morgan fingerprint density at radius 2 is 1.73 bits per heavy atom. The molecule has 0 saturated carbocycles. The van der Waals surface area contributed by atoms with Crippen LogP contribution in [0.4, 0.5) is 17.6 Å². The molecule has 1 amide bonds. The molecular formula is C29H28F4N2OS. The predicted octanol–water partition coefficient (Wildman–Crippen LogP) is 8.01. The molecule has 3 nitrogen and oxygen atoms in total. The van der Waals surface area contributed by atoms with E-state index < -0.39 is 11.7 Å². The van der Waals surface area contributed by atoms with Crippen LogP contribution in [-0.4, -0.2) is 16.2 Å². The van der Waals surface area contributed by atoms with Crippen LogP contribution < -0.4 is 5.32 Å². The Morgan fingerprint density at radius 3 is 2.35 bits per heavy atom. The highest BCUT2D eigenvalue weighted by molar-refractivity contribution is 7.99. The van der Waals surface area contributed by atoms with Gasteiger partial charge in [-0.2, -0.15) is 13.2 Å². The van der Waals surface area contributed by atoms with Gasteiger partial charge in [-0.15, -0.1) is 11.8 Å². The molecule has 0 fully saturated rings. The Balaban J connectivity index is 1.54. The third kappa shape index (κ3) is 6.18. The van der Waals surface area contributed by atoms with Crippen molar-refractivity contribution in [3.05, 3.63) is 100 Å². The molecule has 194 valence electrons. The van der Waals surface area contributed by atoms with E-state index in [1.165, 1.54) is 18.2 Å². The maximum absolute atomic E-state index is 14.4. The molecule has 0 atom stereocenters. The molecule has 0 bridgehead atoms. The number of alkyl halides is 3. The van der Waals surface area contributed by atoms with Gasteiger partial charge in [0.25, 0.3) is 5.91 Å². The third-order valence-corrected chi connectivity index (χ3v) is 7.01. The molecule has 0 radical (unpaired) electrons. The van der Waals surface area contributed by atoms with Gasteiger partial charge in [0.05, 0.1) is 5.56 Å². The number of nitrogens with one attached hydrogen (secondary N) is 1. The highest BCUT2D eigenvalue weighted by Gasteiger charge is 2.30. The van der Waals surface area contributed by atoms with Crippen LogP contribution in [-0.2, 0) is 19.1 Å². The molecule has 3 aromatic carbocycles. The summed E-state index contributed by atoms with van der Waals surface area (Å²) >= 11 is 1.55. The number of halogens is 4. The van der Waals surface area contributed by atoms with E-state index in [-0.39, 0.29) is 24.3 Å². The number of carbonyl (C=O) groups is 1. The number of amides is 1. The summed E-state index contributed by atoms with van der Waals surface area (Å²) < 4.78 is 55.3. The SMILES string of the molecule is CCSc1ccc(CNC(=O)c2ccc3c(c2)cc(Cc2ccc(C(F)(F)F)cc2)n3C(C)C)c(F)c1. The van der Waals surface area contributed by atoms with Gasteiger partial charge in [0.1, 0.15) is 5.82 Å². The number of rotatable bonds is 8. The van der Waals surface area contributed by atoms with Crippen LogP contribution in [0.15, 0.2) is 71.6 Å². The van der Waals surface area contributed by atoms with Crippen LogP contribution >= 0.6 is 11.8 Å². The number of aromatic nitrogens is 1. The number of hydrogen-bond acceptors (Lipinski definition) is 2. The number of hydrogen-bond donors (Lipinski definition) is 1. The lowest BCUT2D eigenvalue weighted by molar-refractivity contribution is -0.137. The number of benzene rings is 3. The molecular weight excluding hydrogens is 500 g/mol. The van der Waals surface area contributed by atoms with E-state index in [0.717, 1.165) is 44.9 Å². The van der Waals surface area contributed by atoms with E-state index in [1.54, 1.807) is 30.0 Å². The van der Waals surface area contributed by atoms with Crippen LogP contribution in [0.2, 0.25) is 0 Å². The second-order valence-electron chi connectivity index (χ2n) is 9.11. The van der Waals surface area contributed by atoms with Gasteiger partial charge < -0.3 is 9.88 Å². The zero-order valence-electron chi connectivity index (χ0n) is 20.8. The van der Waals surface area contributed by atoms with E-state index in [0.29, 0.717) is 17.5 Å². The largest absolute Gasteiger partial charge is 0.416 e. The van der Waals surface area contributed by atoms with Crippen molar-refractivity contribution in [3.63, 3.8) is 0 Å². The first-order chi connectivity index (χ1) is 17.6. The molecule has 0 aliphatic carbocycles. The summed E-state index contributed by atoms with van der Waals surface area (Å²) in [6, 6.07) is 17.7. The molecule has 0 aliphatic rings. The van der Waals surface area contributed by atoms with E-state index in [4.69, 9.17) is 0 Å². The van der Waals surface area contributed by atoms with Gasteiger partial charge in [-0.3, -0.25) is 4.79 Å². The van der Waals surface area contributed by atoms with Gasteiger partial charge in [-0.1, -0.05) is 25.1 Å². The lowest BCUT2D eigenvalue weighted by Crippen LogP contribution is -2.23. The van der Waals surface area contributed by atoms with Crippen molar-refractivity contribution in [3.8, 4) is 0 Å². The Hall–Kier alpha value is -3.26. The number of fused-ring (bicyclic) bond motifs is 1. The quantitative estimate of drug-likeness (QED) is 0.186. The molecule has 0 saturated heterocycles. The van der Waals surface area contributed by atoms with Crippen molar-refractivity contribution in [2.24, 2.45) is 0 Å². The van der Waals surface area contributed by atoms with Gasteiger partial charge in [-0.25, -0.2) is 4.39 Å². The molecule has 1 heterocycles.